The van der Waals surface area contributed by atoms with Crippen molar-refractivity contribution in [2.24, 2.45) is 0 Å². The zero-order valence-electron chi connectivity index (χ0n) is 15.2. The van der Waals surface area contributed by atoms with Crippen molar-refractivity contribution >= 4 is 30.5 Å². The number of piperidine rings is 1. The van der Waals surface area contributed by atoms with Gasteiger partial charge in [0.1, 0.15) is 0 Å². The summed E-state index contributed by atoms with van der Waals surface area (Å²) in [5.74, 6) is 0.0215. The Morgan fingerprint density at radius 2 is 1.81 bits per heavy atom. The molecule has 1 saturated heterocycles. The van der Waals surface area contributed by atoms with Crippen LogP contribution in [0.2, 0.25) is 0 Å². The van der Waals surface area contributed by atoms with E-state index in [0.29, 0.717) is 12.3 Å². The van der Waals surface area contributed by atoms with Crippen LogP contribution in [0, 0.1) is 0 Å². The van der Waals surface area contributed by atoms with Gasteiger partial charge in [-0.1, -0.05) is 24.3 Å². The van der Waals surface area contributed by atoms with Crippen LogP contribution in [0.15, 0.2) is 48.8 Å². The van der Waals surface area contributed by atoms with E-state index in [1.165, 1.54) is 18.4 Å². The maximum absolute atomic E-state index is 11.8. The molecule has 0 bridgehead atoms. The second kappa shape index (κ2) is 9.92. The number of benzene rings is 1. The quantitative estimate of drug-likeness (QED) is 0.607. The minimum Gasteiger partial charge on any atom is -0.467 e. The highest BCUT2D eigenvalue weighted by Gasteiger charge is 2.23. The highest BCUT2D eigenvalue weighted by Crippen LogP contribution is 2.31. The maximum atomic E-state index is 11.8. The molecule has 1 atom stereocenters. The van der Waals surface area contributed by atoms with E-state index in [9.17, 15) is 9.59 Å². The molecule has 1 N–H and O–H groups in total. The third kappa shape index (κ3) is 4.98. The summed E-state index contributed by atoms with van der Waals surface area (Å²) in [7, 11) is 1.31. The fourth-order valence-corrected chi connectivity index (χ4v) is 3.47. The van der Waals surface area contributed by atoms with Gasteiger partial charge in [-0.25, -0.2) is 4.79 Å². The molecule has 27 heavy (non-hydrogen) atoms. The molecule has 0 radical (unpaired) electrons. The fraction of sp³-hybridized carbons (Fsp3) is 0.350. The number of nitrogens with one attached hydrogen (secondary N) is 1. The smallest absolute Gasteiger partial charge is 0.333 e. The number of amides is 1. The number of carbonyl (C=O) groups excluding carboxylic acids is 2. The zero-order chi connectivity index (χ0) is 18.4. The third-order valence-electron chi connectivity index (χ3n) is 4.94. The summed E-state index contributed by atoms with van der Waals surface area (Å²) < 4.78 is 4.75. The van der Waals surface area contributed by atoms with Gasteiger partial charge >= 0.3 is 5.97 Å². The van der Waals surface area contributed by atoms with Crippen molar-refractivity contribution in [2.75, 3.05) is 25.1 Å². The Morgan fingerprint density at radius 3 is 2.37 bits per heavy atom. The molecule has 1 aromatic carbocycles. The lowest BCUT2D eigenvalue weighted by molar-refractivity contribution is -0.144. The summed E-state index contributed by atoms with van der Waals surface area (Å²) in [5.41, 5.74) is 3.20. The molecular weight excluding hydrogens is 366 g/mol. The van der Waals surface area contributed by atoms with Gasteiger partial charge in [0.15, 0.2) is 6.04 Å². The Balaban J connectivity index is 0.00000261. The first kappa shape index (κ1) is 20.7. The molecule has 2 heterocycles. The Labute approximate surface area is 165 Å². The van der Waals surface area contributed by atoms with E-state index in [1.54, 1.807) is 0 Å². The van der Waals surface area contributed by atoms with Crippen LogP contribution in [-0.4, -0.2) is 37.6 Å². The number of hydrogen-bond donors (Lipinski definition) is 1. The van der Waals surface area contributed by atoms with Crippen LogP contribution in [0.25, 0.3) is 0 Å². The lowest BCUT2D eigenvalue weighted by atomic mass is 9.88. The van der Waals surface area contributed by atoms with E-state index in [-0.39, 0.29) is 12.4 Å². The Kier molecular flexibility index (Phi) is 7.61. The first-order valence-electron chi connectivity index (χ1n) is 8.75. The lowest BCUT2D eigenvalue weighted by Crippen LogP contribution is -2.32. The number of aromatic nitrogens is 1. The van der Waals surface area contributed by atoms with Crippen molar-refractivity contribution in [3.05, 3.63) is 59.9 Å². The van der Waals surface area contributed by atoms with Gasteiger partial charge < -0.3 is 15.0 Å². The van der Waals surface area contributed by atoms with E-state index < -0.39 is 12.0 Å². The zero-order valence-corrected chi connectivity index (χ0v) is 16.0. The van der Waals surface area contributed by atoms with E-state index in [0.717, 1.165) is 31.5 Å². The maximum Gasteiger partial charge on any atom is 0.333 e. The number of nitrogens with zero attached hydrogens (tertiary/aromatic N) is 2. The van der Waals surface area contributed by atoms with Crippen molar-refractivity contribution < 1.29 is 14.3 Å². The normalized spacial score (nSPS) is 15.4. The van der Waals surface area contributed by atoms with Crippen molar-refractivity contribution in [2.45, 2.75) is 24.8 Å². The fourth-order valence-electron chi connectivity index (χ4n) is 3.47. The molecule has 3 rings (SSSR count). The molecule has 1 amide bonds. The Bertz CT molecular complexity index is 732. The van der Waals surface area contributed by atoms with Crippen LogP contribution < -0.4 is 10.2 Å². The molecule has 1 aliphatic heterocycles. The standard InChI is InChI=1S/C20H23N3O3.ClH/c1-26-20(25)19(22-14-24)17-4-2-15(3-5-17)16-8-12-23(13-9-16)18-6-10-21-11-7-18;/h2-7,10-11,14,16,19H,8-9,12-13H2,1H3,(H,22,24);1H. The monoisotopic (exact) mass is 389 g/mol. The highest BCUT2D eigenvalue weighted by atomic mass is 35.5. The van der Waals surface area contributed by atoms with Crippen molar-refractivity contribution in [3.63, 3.8) is 0 Å². The predicted molar refractivity (Wildman–Crippen MR) is 106 cm³/mol. The van der Waals surface area contributed by atoms with Crippen LogP contribution in [-0.2, 0) is 14.3 Å². The van der Waals surface area contributed by atoms with Crippen LogP contribution in [0.3, 0.4) is 0 Å². The van der Waals surface area contributed by atoms with E-state index in [1.807, 2.05) is 48.8 Å². The van der Waals surface area contributed by atoms with Gasteiger partial charge in [-0.05, 0) is 42.0 Å². The molecule has 1 unspecified atom stereocenters. The van der Waals surface area contributed by atoms with Gasteiger partial charge in [0, 0.05) is 31.2 Å². The van der Waals surface area contributed by atoms with Gasteiger partial charge in [0.05, 0.1) is 7.11 Å². The third-order valence-corrected chi connectivity index (χ3v) is 4.94. The van der Waals surface area contributed by atoms with Gasteiger partial charge in [-0.2, -0.15) is 0 Å². The van der Waals surface area contributed by atoms with Crippen molar-refractivity contribution in [1.29, 1.82) is 0 Å². The largest absolute Gasteiger partial charge is 0.467 e. The number of methoxy groups -OCH3 is 1. The lowest BCUT2D eigenvalue weighted by Gasteiger charge is -2.33. The first-order valence-corrected chi connectivity index (χ1v) is 8.75. The average molecular weight is 390 g/mol. The molecule has 6 nitrogen and oxygen atoms in total. The topological polar surface area (TPSA) is 71.5 Å². The summed E-state index contributed by atoms with van der Waals surface area (Å²) in [6.07, 6.45) is 6.32. The van der Waals surface area contributed by atoms with Gasteiger partial charge in [0.25, 0.3) is 0 Å². The highest BCUT2D eigenvalue weighted by molar-refractivity contribution is 5.85. The molecule has 0 saturated carbocycles. The molecule has 0 aliphatic carbocycles. The molecular formula is C20H24ClN3O3. The summed E-state index contributed by atoms with van der Waals surface area (Å²) in [6, 6.07) is 11.2. The SMILES string of the molecule is COC(=O)C(NC=O)c1ccc(C2CCN(c3ccncc3)CC2)cc1.Cl. The molecule has 2 aromatic rings. The van der Waals surface area contributed by atoms with Crippen LogP contribution in [0.5, 0.6) is 0 Å². The number of anilines is 1. The summed E-state index contributed by atoms with van der Waals surface area (Å²) in [4.78, 5) is 29.0. The second-order valence-corrected chi connectivity index (χ2v) is 6.37. The van der Waals surface area contributed by atoms with Crippen molar-refractivity contribution in [1.82, 2.24) is 10.3 Å². The number of hydrogen-bond acceptors (Lipinski definition) is 5. The molecule has 0 spiro atoms. The number of rotatable bonds is 6. The van der Waals surface area contributed by atoms with Crippen molar-refractivity contribution in [3.8, 4) is 0 Å². The summed E-state index contributed by atoms with van der Waals surface area (Å²) in [6.45, 7) is 2.02. The summed E-state index contributed by atoms with van der Waals surface area (Å²) in [5, 5.41) is 2.51. The molecule has 7 heteroatoms. The minimum atomic E-state index is -0.764. The van der Waals surface area contributed by atoms with Gasteiger partial charge in [0.2, 0.25) is 6.41 Å². The van der Waals surface area contributed by atoms with E-state index in [2.05, 4.69) is 15.2 Å². The molecule has 1 aliphatic rings. The summed E-state index contributed by atoms with van der Waals surface area (Å²) >= 11 is 0. The predicted octanol–water partition coefficient (Wildman–Crippen LogP) is 2.85. The van der Waals surface area contributed by atoms with E-state index >= 15 is 0 Å². The number of halogens is 1. The Hall–Kier alpha value is -2.60. The number of carbonyl (C=O) groups is 2. The molecule has 144 valence electrons. The molecule has 1 fully saturated rings. The van der Waals surface area contributed by atoms with Crippen LogP contribution in [0.1, 0.15) is 35.9 Å². The van der Waals surface area contributed by atoms with Gasteiger partial charge in [-0.15, -0.1) is 12.4 Å². The first-order chi connectivity index (χ1) is 12.7. The Morgan fingerprint density at radius 1 is 1.19 bits per heavy atom. The number of ether oxygens (including phenoxy) is 1. The average Bonchev–Trinajstić information content (AvgIpc) is 2.72. The van der Waals surface area contributed by atoms with Crippen LogP contribution in [0.4, 0.5) is 5.69 Å². The number of pyridine rings is 1. The van der Waals surface area contributed by atoms with Gasteiger partial charge in [-0.3, -0.25) is 9.78 Å². The molecule has 1 aromatic heterocycles. The minimum absolute atomic E-state index is 0. The number of esters is 1. The van der Waals surface area contributed by atoms with E-state index in [4.69, 9.17) is 4.74 Å². The van der Waals surface area contributed by atoms with Crippen LogP contribution >= 0.6 is 12.4 Å². The second-order valence-electron chi connectivity index (χ2n) is 6.37.